The van der Waals surface area contributed by atoms with Crippen LogP contribution in [0.15, 0.2) is 15.2 Å². The molecule has 1 N–H and O–H groups in total. The van der Waals surface area contributed by atoms with Gasteiger partial charge in [-0.2, -0.15) is 0 Å². The topological polar surface area (TPSA) is 12.0 Å². The minimum Gasteiger partial charge on any atom is -0.310 e. The lowest BCUT2D eigenvalue weighted by Gasteiger charge is -2.14. The molecule has 1 aromatic rings. The average molecular weight is 262 g/mol. The van der Waals surface area contributed by atoms with E-state index in [9.17, 15) is 0 Å². The summed E-state index contributed by atoms with van der Waals surface area (Å²) in [7, 11) is 0. The molecular weight excluding hydrogens is 246 g/mol. The number of hydrogen-bond acceptors (Lipinski definition) is 2. The van der Waals surface area contributed by atoms with Gasteiger partial charge in [0.15, 0.2) is 0 Å². The van der Waals surface area contributed by atoms with Gasteiger partial charge in [-0.1, -0.05) is 13.8 Å². The molecule has 0 saturated heterocycles. The van der Waals surface area contributed by atoms with E-state index >= 15 is 0 Å². The molecule has 0 saturated carbocycles. The van der Waals surface area contributed by atoms with Crippen molar-refractivity contribution in [2.24, 2.45) is 0 Å². The summed E-state index contributed by atoms with van der Waals surface area (Å²) in [5.74, 6) is 0. The highest BCUT2D eigenvalue weighted by atomic mass is 79.9. The van der Waals surface area contributed by atoms with Crippen LogP contribution < -0.4 is 5.32 Å². The molecule has 1 heterocycles. The summed E-state index contributed by atoms with van der Waals surface area (Å²) in [6.07, 6.45) is 2.35. The van der Waals surface area contributed by atoms with E-state index in [0.29, 0.717) is 6.04 Å². The first-order valence-electron chi connectivity index (χ1n) is 4.75. The first-order chi connectivity index (χ1) is 6.27. The van der Waals surface area contributed by atoms with E-state index in [0.717, 1.165) is 13.0 Å². The van der Waals surface area contributed by atoms with Gasteiger partial charge >= 0.3 is 0 Å². The maximum Gasteiger partial charge on any atom is 0.0701 e. The fourth-order valence-electron chi connectivity index (χ4n) is 1.32. The van der Waals surface area contributed by atoms with Crippen LogP contribution >= 0.6 is 27.3 Å². The third kappa shape index (κ3) is 3.41. The zero-order chi connectivity index (χ0) is 9.68. The molecule has 1 nitrogen and oxygen atoms in total. The Bertz CT molecular complexity index is 247. The Balaban J connectivity index is 2.56. The van der Waals surface area contributed by atoms with E-state index in [1.54, 1.807) is 11.3 Å². The monoisotopic (exact) mass is 261 g/mol. The first kappa shape index (κ1) is 11.2. The van der Waals surface area contributed by atoms with Crippen LogP contribution in [0.25, 0.3) is 0 Å². The molecule has 1 atom stereocenters. The largest absolute Gasteiger partial charge is 0.310 e. The zero-order valence-corrected chi connectivity index (χ0v) is 10.5. The Labute approximate surface area is 92.7 Å². The third-order valence-electron chi connectivity index (χ3n) is 2.04. The lowest BCUT2D eigenvalue weighted by atomic mass is 10.1. The fourth-order valence-corrected chi connectivity index (χ4v) is 2.55. The second kappa shape index (κ2) is 5.78. The van der Waals surface area contributed by atoms with Gasteiger partial charge in [-0.15, -0.1) is 11.3 Å². The highest BCUT2D eigenvalue weighted by molar-refractivity contribution is 9.11. The number of thiophene rings is 1. The van der Waals surface area contributed by atoms with Gasteiger partial charge < -0.3 is 5.32 Å². The van der Waals surface area contributed by atoms with Crippen LogP contribution in [-0.2, 0) is 0 Å². The second-order valence-electron chi connectivity index (χ2n) is 3.10. The van der Waals surface area contributed by atoms with Gasteiger partial charge in [-0.05, 0) is 52.3 Å². The molecule has 1 aromatic heterocycles. The molecule has 0 fully saturated rings. The van der Waals surface area contributed by atoms with Crippen LogP contribution in [0.3, 0.4) is 0 Å². The Kier molecular flexibility index (Phi) is 4.99. The van der Waals surface area contributed by atoms with Gasteiger partial charge in [0.25, 0.3) is 0 Å². The van der Waals surface area contributed by atoms with Gasteiger partial charge in [-0.3, -0.25) is 0 Å². The van der Waals surface area contributed by atoms with E-state index < -0.39 is 0 Å². The van der Waals surface area contributed by atoms with Crippen molar-refractivity contribution in [2.75, 3.05) is 6.54 Å². The average Bonchev–Trinajstić information content (AvgIpc) is 2.54. The third-order valence-corrected chi connectivity index (χ3v) is 3.56. The summed E-state index contributed by atoms with van der Waals surface area (Å²) >= 11 is 5.25. The zero-order valence-electron chi connectivity index (χ0n) is 8.14. The smallest absolute Gasteiger partial charge is 0.0701 e. The van der Waals surface area contributed by atoms with Gasteiger partial charge in [0.1, 0.15) is 0 Å². The van der Waals surface area contributed by atoms with Crippen molar-refractivity contribution in [1.82, 2.24) is 5.32 Å². The van der Waals surface area contributed by atoms with Crippen LogP contribution in [0.5, 0.6) is 0 Å². The molecule has 74 valence electrons. The molecule has 0 aromatic carbocycles. The molecule has 0 radical (unpaired) electrons. The molecular formula is C10H16BrNS. The van der Waals surface area contributed by atoms with E-state index in [-0.39, 0.29) is 0 Å². The van der Waals surface area contributed by atoms with Gasteiger partial charge in [0, 0.05) is 6.04 Å². The van der Waals surface area contributed by atoms with Gasteiger partial charge in [0.2, 0.25) is 0 Å². The Morgan fingerprint density at radius 2 is 2.31 bits per heavy atom. The lowest BCUT2D eigenvalue weighted by Crippen LogP contribution is -2.20. The number of nitrogens with one attached hydrogen (secondary N) is 1. The van der Waals surface area contributed by atoms with Crippen LogP contribution in [0.2, 0.25) is 0 Å². The Hall–Kier alpha value is 0.140. The quantitative estimate of drug-likeness (QED) is 0.846. The molecule has 0 aliphatic rings. The molecule has 0 amide bonds. The van der Waals surface area contributed by atoms with Crippen molar-refractivity contribution in [3.63, 3.8) is 0 Å². The van der Waals surface area contributed by atoms with Gasteiger partial charge in [-0.25, -0.2) is 0 Å². The van der Waals surface area contributed by atoms with E-state index in [4.69, 9.17) is 0 Å². The second-order valence-corrected chi connectivity index (χ2v) is 5.39. The molecule has 3 heteroatoms. The van der Waals surface area contributed by atoms with E-state index in [1.807, 2.05) is 0 Å². The van der Waals surface area contributed by atoms with Crippen LogP contribution in [0.1, 0.15) is 38.3 Å². The molecule has 0 spiro atoms. The van der Waals surface area contributed by atoms with Crippen molar-refractivity contribution in [1.29, 1.82) is 0 Å². The molecule has 0 aliphatic heterocycles. The number of rotatable bonds is 5. The first-order valence-corrected chi connectivity index (χ1v) is 6.42. The molecule has 13 heavy (non-hydrogen) atoms. The number of halogens is 1. The van der Waals surface area contributed by atoms with E-state index in [2.05, 4.69) is 46.5 Å². The molecule has 0 bridgehead atoms. The normalized spacial score (nSPS) is 13.2. The standard InChI is InChI=1S/C10H16BrNS/c1-3-5-12-9(4-2)8-6-10(11)13-7-8/h6-7,9,12H,3-5H2,1-2H3. The number of hydrogen-bond donors (Lipinski definition) is 1. The highest BCUT2D eigenvalue weighted by Crippen LogP contribution is 2.26. The van der Waals surface area contributed by atoms with Crippen molar-refractivity contribution < 1.29 is 0 Å². The Morgan fingerprint density at radius 1 is 1.54 bits per heavy atom. The predicted octanol–water partition coefficient (Wildman–Crippen LogP) is 3.96. The van der Waals surface area contributed by atoms with Crippen LogP contribution in [-0.4, -0.2) is 6.54 Å². The summed E-state index contributed by atoms with van der Waals surface area (Å²) in [6, 6.07) is 2.74. The predicted molar refractivity (Wildman–Crippen MR) is 63.3 cm³/mol. The minimum atomic E-state index is 0.530. The summed E-state index contributed by atoms with van der Waals surface area (Å²) in [6.45, 7) is 5.52. The maximum absolute atomic E-state index is 3.53. The SMILES string of the molecule is CCCNC(CC)c1csc(Br)c1. The van der Waals surface area contributed by atoms with E-state index in [1.165, 1.54) is 15.8 Å². The van der Waals surface area contributed by atoms with Gasteiger partial charge in [0.05, 0.1) is 3.79 Å². The fraction of sp³-hybridized carbons (Fsp3) is 0.600. The molecule has 1 unspecified atom stereocenters. The van der Waals surface area contributed by atoms with Crippen molar-refractivity contribution in [2.45, 2.75) is 32.7 Å². The van der Waals surface area contributed by atoms with Crippen LogP contribution in [0, 0.1) is 0 Å². The maximum atomic E-state index is 3.53. The lowest BCUT2D eigenvalue weighted by molar-refractivity contribution is 0.519. The van der Waals surface area contributed by atoms with Crippen molar-refractivity contribution >= 4 is 27.3 Å². The van der Waals surface area contributed by atoms with Crippen molar-refractivity contribution in [3.05, 3.63) is 20.8 Å². The summed E-state index contributed by atoms with van der Waals surface area (Å²) in [5.41, 5.74) is 1.41. The highest BCUT2D eigenvalue weighted by Gasteiger charge is 2.09. The summed E-state index contributed by atoms with van der Waals surface area (Å²) in [4.78, 5) is 0. The Morgan fingerprint density at radius 3 is 2.77 bits per heavy atom. The van der Waals surface area contributed by atoms with Crippen molar-refractivity contribution in [3.8, 4) is 0 Å². The summed E-state index contributed by atoms with van der Waals surface area (Å²) in [5, 5.41) is 5.76. The molecule has 1 rings (SSSR count). The summed E-state index contributed by atoms with van der Waals surface area (Å²) < 4.78 is 1.22. The molecule has 0 aliphatic carbocycles. The van der Waals surface area contributed by atoms with Crippen LogP contribution in [0.4, 0.5) is 0 Å². The minimum absolute atomic E-state index is 0.530.